The molecule has 0 atom stereocenters. The van der Waals surface area contributed by atoms with E-state index in [0.29, 0.717) is 0 Å². The van der Waals surface area contributed by atoms with Gasteiger partial charge in [-0.1, -0.05) is 41.1 Å². The second kappa shape index (κ2) is 6.07. The molecule has 104 valence electrons. The molecule has 0 spiro atoms. The van der Waals surface area contributed by atoms with E-state index in [1.165, 1.54) is 0 Å². The zero-order valence-electron chi connectivity index (χ0n) is 11.5. The van der Waals surface area contributed by atoms with Gasteiger partial charge in [-0.25, -0.2) is 0 Å². The third kappa shape index (κ3) is 2.96. The quantitative estimate of drug-likeness (QED) is 0.747. The van der Waals surface area contributed by atoms with Gasteiger partial charge in [0.25, 0.3) is 0 Å². The predicted octanol–water partition coefficient (Wildman–Crippen LogP) is 1.85. The molecule has 0 saturated carbocycles. The lowest BCUT2D eigenvalue weighted by Crippen LogP contribution is -2.11. The topological polar surface area (TPSA) is 55.2 Å². The Bertz CT molecular complexity index is 664. The molecule has 0 saturated heterocycles. The highest BCUT2D eigenvalue weighted by Gasteiger charge is 2.08. The number of rotatable bonds is 4. The summed E-state index contributed by atoms with van der Waals surface area (Å²) < 4.78 is 5.15. The second-order valence-electron chi connectivity index (χ2n) is 4.50. The summed E-state index contributed by atoms with van der Waals surface area (Å²) in [6, 6.07) is 15.4. The van der Waals surface area contributed by atoms with E-state index in [0.717, 1.165) is 32.4 Å². The largest absolute Gasteiger partial charge is 0.497 e. The molecular weight excluding hydrogens is 283 g/mol. The van der Waals surface area contributed by atoms with Crippen molar-refractivity contribution in [1.29, 1.82) is 0 Å². The van der Waals surface area contributed by atoms with Gasteiger partial charge >= 0.3 is 7.48 Å². The van der Waals surface area contributed by atoms with Gasteiger partial charge in [0.1, 0.15) is 15.8 Å². The molecule has 3 rings (SSSR count). The van der Waals surface area contributed by atoms with Gasteiger partial charge in [-0.3, -0.25) is 0 Å². The number of methoxy groups -OCH3 is 1. The van der Waals surface area contributed by atoms with Crippen LogP contribution in [0.4, 0.5) is 0 Å². The van der Waals surface area contributed by atoms with Crippen molar-refractivity contribution < 1.29 is 9.76 Å². The van der Waals surface area contributed by atoms with Crippen LogP contribution in [0.3, 0.4) is 0 Å². The highest BCUT2D eigenvalue weighted by molar-refractivity contribution is 7.17. The Morgan fingerprint density at radius 2 is 1.43 bits per heavy atom. The van der Waals surface area contributed by atoms with Gasteiger partial charge in [-0.15, -0.1) is 10.2 Å². The van der Waals surface area contributed by atoms with Crippen LogP contribution in [0.1, 0.15) is 0 Å². The molecule has 0 fully saturated rings. The van der Waals surface area contributed by atoms with E-state index in [9.17, 15) is 0 Å². The Morgan fingerprint density at radius 3 is 1.90 bits per heavy atom. The van der Waals surface area contributed by atoms with Gasteiger partial charge in [-0.05, 0) is 24.3 Å². The minimum Gasteiger partial charge on any atom is -0.497 e. The third-order valence-corrected chi connectivity index (χ3v) is 4.17. The van der Waals surface area contributed by atoms with E-state index in [-0.39, 0.29) is 7.48 Å². The van der Waals surface area contributed by atoms with Crippen LogP contribution in [-0.2, 0) is 0 Å². The van der Waals surface area contributed by atoms with Crippen molar-refractivity contribution in [3.8, 4) is 26.9 Å². The molecule has 4 nitrogen and oxygen atoms in total. The van der Waals surface area contributed by atoms with Crippen LogP contribution >= 0.6 is 11.3 Å². The zero-order valence-corrected chi connectivity index (χ0v) is 12.3. The van der Waals surface area contributed by atoms with Crippen molar-refractivity contribution in [2.75, 3.05) is 7.11 Å². The molecule has 21 heavy (non-hydrogen) atoms. The second-order valence-corrected chi connectivity index (χ2v) is 5.47. The van der Waals surface area contributed by atoms with Crippen LogP contribution in [0.2, 0.25) is 0 Å². The third-order valence-electron chi connectivity index (χ3n) is 3.15. The molecule has 0 aliphatic carbocycles. The Kier molecular flexibility index (Phi) is 3.99. The first-order valence-electron chi connectivity index (χ1n) is 6.48. The fourth-order valence-electron chi connectivity index (χ4n) is 1.94. The van der Waals surface area contributed by atoms with Crippen LogP contribution in [0.25, 0.3) is 21.1 Å². The summed E-state index contributed by atoms with van der Waals surface area (Å²) >= 11 is 1.54. The van der Waals surface area contributed by atoms with Crippen molar-refractivity contribution in [3.63, 3.8) is 0 Å². The first-order chi connectivity index (χ1) is 10.3. The van der Waals surface area contributed by atoms with Gasteiger partial charge in [0.05, 0.1) is 7.11 Å². The summed E-state index contributed by atoms with van der Waals surface area (Å²) in [6.07, 6.45) is 0. The van der Waals surface area contributed by atoms with E-state index < -0.39 is 0 Å². The van der Waals surface area contributed by atoms with Gasteiger partial charge in [0.15, 0.2) is 0 Å². The highest BCUT2D eigenvalue weighted by Crippen LogP contribution is 2.30. The van der Waals surface area contributed by atoms with Crippen molar-refractivity contribution >= 4 is 24.3 Å². The van der Waals surface area contributed by atoms with E-state index in [4.69, 9.17) is 9.76 Å². The highest BCUT2D eigenvalue weighted by atomic mass is 32.1. The fourth-order valence-corrected chi connectivity index (χ4v) is 2.80. The molecule has 2 aromatic carbocycles. The number of hydrogen-bond acceptors (Lipinski definition) is 5. The fraction of sp³-hybridized carbons (Fsp3) is 0.0667. The molecule has 1 heterocycles. The Balaban J connectivity index is 1.87. The maximum Gasteiger partial charge on any atom is 0.304 e. The van der Waals surface area contributed by atoms with Gasteiger partial charge in [0, 0.05) is 11.1 Å². The summed E-state index contributed by atoms with van der Waals surface area (Å²) in [6.45, 7) is 0. The van der Waals surface area contributed by atoms with E-state index in [2.05, 4.69) is 10.2 Å². The van der Waals surface area contributed by atoms with E-state index >= 15 is 0 Å². The van der Waals surface area contributed by atoms with E-state index in [1.54, 1.807) is 18.4 Å². The van der Waals surface area contributed by atoms with Crippen LogP contribution in [0.15, 0.2) is 48.5 Å². The Morgan fingerprint density at radius 1 is 0.905 bits per heavy atom. The van der Waals surface area contributed by atoms with Crippen LogP contribution in [0.5, 0.6) is 5.75 Å². The van der Waals surface area contributed by atoms with Crippen LogP contribution in [0, 0.1) is 0 Å². The number of benzene rings is 2. The van der Waals surface area contributed by atoms with Crippen molar-refractivity contribution in [2.24, 2.45) is 0 Å². The summed E-state index contributed by atoms with van der Waals surface area (Å²) in [5, 5.41) is 19.3. The molecule has 1 aromatic heterocycles. The first-order valence-corrected chi connectivity index (χ1v) is 7.30. The lowest BCUT2D eigenvalue weighted by molar-refractivity contribution is 0.415. The molecule has 1 N–H and O–H groups in total. The Hall–Kier alpha value is -2.18. The standard InChI is InChI=1S/C15H13BN2O2S/c1-20-13-8-4-11(5-9-13)15-18-17-14(21-15)10-2-6-12(16-19)7-3-10/h2-9,16,19H,1H3. The number of ether oxygens (including phenoxy) is 1. The maximum atomic E-state index is 9.06. The molecule has 0 bridgehead atoms. The van der Waals surface area contributed by atoms with Gasteiger partial charge < -0.3 is 9.76 Å². The number of aromatic nitrogens is 2. The van der Waals surface area contributed by atoms with Crippen molar-refractivity contribution in [3.05, 3.63) is 48.5 Å². The van der Waals surface area contributed by atoms with Crippen molar-refractivity contribution in [1.82, 2.24) is 10.2 Å². The average Bonchev–Trinajstić information content (AvgIpc) is 3.05. The van der Waals surface area contributed by atoms with Gasteiger partial charge in [-0.2, -0.15) is 0 Å². The van der Waals surface area contributed by atoms with Gasteiger partial charge in [0.2, 0.25) is 0 Å². The minimum atomic E-state index is 0.0491. The molecule has 3 aromatic rings. The molecule has 6 heteroatoms. The lowest BCUT2D eigenvalue weighted by Gasteiger charge is -1.99. The summed E-state index contributed by atoms with van der Waals surface area (Å²) in [5.74, 6) is 0.822. The van der Waals surface area contributed by atoms with E-state index in [1.807, 2.05) is 48.5 Å². The zero-order chi connectivity index (χ0) is 14.7. The normalized spacial score (nSPS) is 10.4. The predicted molar refractivity (Wildman–Crippen MR) is 86.3 cm³/mol. The number of nitrogens with zero attached hydrogens (tertiary/aromatic N) is 2. The Labute approximate surface area is 127 Å². The smallest absolute Gasteiger partial charge is 0.304 e. The number of hydrogen-bond donors (Lipinski definition) is 1. The summed E-state index contributed by atoms with van der Waals surface area (Å²) in [4.78, 5) is 0. The SMILES string of the molecule is COc1ccc(-c2nnc(-c3ccc(BO)cc3)s2)cc1. The van der Waals surface area contributed by atoms with Crippen LogP contribution in [-0.4, -0.2) is 29.8 Å². The molecular formula is C15H13BN2O2S. The minimum absolute atomic E-state index is 0.0491. The first kappa shape index (κ1) is 13.8. The van der Waals surface area contributed by atoms with Crippen LogP contribution < -0.4 is 10.2 Å². The molecule has 0 aliphatic rings. The summed E-state index contributed by atoms with van der Waals surface area (Å²) in [5.41, 5.74) is 2.91. The molecule has 0 radical (unpaired) electrons. The monoisotopic (exact) mass is 296 g/mol. The lowest BCUT2D eigenvalue weighted by atomic mass is 9.88. The molecule has 0 aliphatic heterocycles. The van der Waals surface area contributed by atoms with Crippen molar-refractivity contribution in [2.45, 2.75) is 0 Å². The summed E-state index contributed by atoms with van der Waals surface area (Å²) in [7, 11) is 1.70. The average molecular weight is 296 g/mol. The maximum absolute atomic E-state index is 9.06. The molecule has 0 amide bonds. The molecule has 0 unspecified atom stereocenters.